The van der Waals surface area contributed by atoms with Gasteiger partial charge < -0.3 is 14.8 Å². The Bertz CT molecular complexity index is 851. The quantitative estimate of drug-likeness (QED) is 0.618. The van der Waals surface area contributed by atoms with Crippen molar-refractivity contribution < 1.29 is 19.0 Å². The Kier molecular flexibility index (Phi) is 6.03. The van der Waals surface area contributed by atoms with Gasteiger partial charge in [-0.2, -0.15) is 0 Å². The van der Waals surface area contributed by atoms with E-state index in [1.54, 1.807) is 4.57 Å². The van der Waals surface area contributed by atoms with E-state index in [4.69, 9.17) is 0 Å². The SMILES string of the molecule is OCc1cnc(SCc2c(F)cccc2F)n1CC(O)c1ccccc1. The molecule has 3 rings (SSSR count). The van der Waals surface area contributed by atoms with Crippen molar-refractivity contribution in [3.8, 4) is 0 Å². The van der Waals surface area contributed by atoms with Crippen molar-refractivity contribution in [2.45, 2.75) is 30.2 Å². The second kappa shape index (κ2) is 8.44. The number of halogens is 2. The monoisotopic (exact) mass is 376 g/mol. The van der Waals surface area contributed by atoms with E-state index in [0.717, 1.165) is 17.3 Å². The highest BCUT2D eigenvalue weighted by molar-refractivity contribution is 7.98. The van der Waals surface area contributed by atoms with Crippen molar-refractivity contribution >= 4 is 11.8 Å². The van der Waals surface area contributed by atoms with Crippen molar-refractivity contribution in [1.29, 1.82) is 0 Å². The molecule has 0 saturated heterocycles. The Morgan fingerprint density at radius 3 is 2.38 bits per heavy atom. The van der Waals surface area contributed by atoms with Crippen LogP contribution in [0.1, 0.15) is 22.9 Å². The number of hydrogen-bond acceptors (Lipinski definition) is 4. The third-order valence-corrected chi connectivity index (χ3v) is 5.03. The first-order chi connectivity index (χ1) is 12.6. The summed E-state index contributed by atoms with van der Waals surface area (Å²) in [5.74, 6) is -1.16. The van der Waals surface area contributed by atoms with Gasteiger partial charge in [0.25, 0.3) is 0 Å². The summed E-state index contributed by atoms with van der Waals surface area (Å²) in [7, 11) is 0. The van der Waals surface area contributed by atoms with E-state index < -0.39 is 17.7 Å². The molecule has 0 fully saturated rings. The molecular weight excluding hydrogens is 358 g/mol. The summed E-state index contributed by atoms with van der Waals surface area (Å²) in [6.07, 6.45) is 0.706. The minimum atomic E-state index is -0.791. The molecule has 0 aliphatic carbocycles. The average Bonchev–Trinajstić information content (AvgIpc) is 3.03. The van der Waals surface area contributed by atoms with E-state index in [2.05, 4.69) is 4.98 Å². The molecule has 1 heterocycles. The van der Waals surface area contributed by atoms with Crippen LogP contribution in [0.3, 0.4) is 0 Å². The van der Waals surface area contributed by atoms with Crippen LogP contribution in [0, 0.1) is 11.6 Å². The third-order valence-electron chi connectivity index (χ3n) is 4.01. The maximum atomic E-state index is 13.8. The predicted octanol–water partition coefficient (Wildman–Crippen LogP) is 3.68. The summed E-state index contributed by atoms with van der Waals surface area (Å²) in [5.41, 5.74) is 1.24. The van der Waals surface area contributed by atoms with Gasteiger partial charge in [-0.05, 0) is 17.7 Å². The van der Waals surface area contributed by atoms with Crippen molar-refractivity contribution in [3.05, 3.63) is 83.2 Å². The van der Waals surface area contributed by atoms with Crippen LogP contribution in [0.2, 0.25) is 0 Å². The lowest BCUT2D eigenvalue weighted by atomic mass is 10.1. The van der Waals surface area contributed by atoms with E-state index in [9.17, 15) is 19.0 Å². The number of hydrogen-bond donors (Lipinski definition) is 2. The predicted molar refractivity (Wildman–Crippen MR) is 95.5 cm³/mol. The Hall–Kier alpha value is -2.22. The fourth-order valence-corrected chi connectivity index (χ4v) is 3.61. The molecule has 1 unspecified atom stereocenters. The molecule has 0 aliphatic heterocycles. The highest BCUT2D eigenvalue weighted by Gasteiger charge is 2.17. The van der Waals surface area contributed by atoms with Gasteiger partial charge in [-0.1, -0.05) is 48.2 Å². The van der Waals surface area contributed by atoms with Crippen LogP contribution in [0.4, 0.5) is 8.78 Å². The first kappa shape index (κ1) is 18.6. The van der Waals surface area contributed by atoms with Gasteiger partial charge in [0.05, 0.1) is 31.1 Å². The normalized spacial score (nSPS) is 12.3. The molecule has 2 aromatic carbocycles. The molecule has 0 bridgehead atoms. The number of benzene rings is 2. The van der Waals surface area contributed by atoms with E-state index in [1.807, 2.05) is 30.3 Å². The lowest BCUT2D eigenvalue weighted by Crippen LogP contribution is -2.12. The zero-order valence-corrected chi connectivity index (χ0v) is 14.7. The maximum absolute atomic E-state index is 13.8. The second-order valence-electron chi connectivity index (χ2n) is 5.72. The second-order valence-corrected chi connectivity index (χ2v) is 6.66. The first-order valence-corrected chi connectivity index (χ1v) is 9.02. The van der Waals surface area contributed by atoms with E-state index in [1.165, 1.54) is 24.4 Å². The van der Waals surface area contributed by atoms with Crippen LogP contribution in [0.25, 0.3) is 0 Å². The summed E-state index contributed by atoms with van der Waals surface area (Å²) in [5, 5.41) is 20.4. The molecule has 1 atom stereocenters. The van der Waals surface area contributed by atoms with Gasteiger partial charge in [-0.3, -0.25) is 0 Å². The summed E-state index contributed by atoms with van der Waals surface area (Å²) in [6.45, 7) is -0.0644. The maximum Gasteiger partial charge on any atom is 0.168 e. The van der Waals surface area contributed by atoms with Crippen LogP contribution < -0.4 is 0 Å². The van der Waals surface area contributed by atoms with Crippen molar-refractivity contribution in [3.63, 3.8) is 0 Å². The van der Waals surface area contributed by atoms with Gasteiger partial charge in [0.1, 0.15) is 11.6 Å². The Morgan fingerprint density at radius 1 is 1.04 bits per heavy atom. The smallest absolute Gasteiger partial charge is 0.168 e. The number of aliphatic hydroxyl groups excluding tert-OH is 2. The Morgan fingerprint density at radius 2 is 1.73 bits per heavy atom. The van der Waals surface area contributed by atoms with Gasteiger partial charge in [0.15, 0.2) is 5.16 Å². The molecule has 0 spiro atoms. The van der Waals surface area contributed by atoms with Crippen LogP contribution >= 0.6 is 11.8 Å². The van der Waals surface area contributed by atoms with E-state index in [0.29, 0.717) is 10.9 Å². The van der Waals surface area contributed by atoms with Crippen molar-refractivity contribution in [2.75, 3.05) is 0 Å². The lowest BCUT2D eigenvalue weighted by Gasteiger charge is -2.16. The summed E-state index contributed by atoms with van der Waals surface area (Å²) in [6, 6.07) is 12.9. The molecule has 0 aliphatic rings. The minimum Gasteiger partial charge on any atom is -0.390 e. The van der Waals surface area contributed by atoms with Gasteiger partial charge >= 0.3 is 0 Å². The fourth-order valence-electron chi connectivity index (χ4n) is 2.59. The molecular formula is C19H18F2N2O2S. The van der Waals surface area contributed by atoms with Gasteiger partial charge in [0, 0.05) is 11.3 Å². The molecule has 2 N–H and O–H groups in total. The number of imidazole rings is 1. The molecule has 0 saturated carbocycles. The van der Waals surface area contributed by atoms with Crippen molar-refractivity contribution in [1.82, 2.24) is 9.55 Å². The summed E-state index contributed by atoms with van der Waals surface area (Å²) >= 11 is 1.15. The Balaban J connectivity index is 1.79. The highest BCUT2D eigenvalue weighted by Crippen LogP contribution is 2.27. The number of aromatic nitrogens is 2. The third kappa shape index (κ3) is 4.12. The van der Waals surface area contributed by atoms with Crippen LogP contribution in [-0.4, -0.2) is 19.8 Å². The van der Waals surface area contributed by atoms with Crippen LogP contribution in [0.15, 0.2) is 59.9 Å². The minimum absolute atomic E-state index is 0.0267. The van der Waals surface area contributed by atoms with Crippen LogP contribution in [-0.2, 0) is 18.9 Å². The summed E-state index contributed by atoms with van der Waals surface area (Å²) < 4.78 is 29.3. The van der Waals surface area contributed by atoms with Crippen LogP contribution in [0.5, 0.6) is 0 Å². The molecule has 1 aromatic heterocycles. The van der Waals surface area contributed by atoms with Crippen molar-refractivity contribution in [2.24, 2.45) is 0 Å². The molecule has 26 heavy (non-hydrogen) atoms. The standard InChI is InChI=1S/C19H18F2N2O2S/c20-16-7-4-8-17(21)15(16)12-26-19-22-9-14(11-24)23(19)10-18(25)13-5-2-1-3-6-13/h1-9,18,24-25H,10-12H2. The largest absolute Gasteiger partial charge is 0.390 e. The number of rotatable bonds is 7. The molecule has 3 aromatic rings. The Labute approximate surface area is 154 Å². The van der Waals surface area contributed by atoms with Gasteiger partial charge in [0.2, 0.25) is 0 Å². The topological polar surface area (TPSA) is 58.3 Å². The number of aliphatic hydroxyl groups is 2. The highest BCUT2D eigenvalue weighted by atomic mass is 32.2. The zero-order valence-electron chi connectivity index (χ0n) is 13.8. The first-order valence-electron chi connectivity index (χ1n) is 8.04. The number of nitrogens with zero attached hydrogens (tertiary/aromatic N) is 2. The van der Waals surface area contributed by atoms with E-state index >= 15 is 0 Å². The molecule has 0 radical (unpaired) electrons. The number of thioether (sulfide) groups is 1. The lowest BCUT2D eigenvalue weighted by molar-refractivity contribution is 0.148. The zero-order chi connectivity index (χ0) is 18.5. The molecule has 7 heteroatoms. The molecule has 4 nitrogen and oxygen atoms in total. The van der Waals surface area contributed by atoms with E-state index in [-0.39, 0.29) is 24.5 Å². The molecule has 136 valence electrons. The van der Waals surface area contributed by atoms with Gasteiger partial charge in [-0.15, -0.1) is 0 Å². The average molecular weight is 376 g/mol. The fraction of sp³-hybridized carbons (Fsp3) is 0.211. The van der Waals surface area contributed by atoms with Gasteiger partial charge in [-0.25, -0.2) is 13.8 Å². The summed E-state index contributed by atoms with van der Waals surface area (Å²) in [4.78, 5) is 4.22. The molecule has 0 amide bonds.